The third-order valence-electron chi connectivity index (χ3n) is 1.70. The number of benzene rings is 1. The van der Waals surface area contributed by atoms with E-state index in [0.29, 0.717) is 6.42 Å². The Morgan fingerprint density at radius 1 is 1.46 bits per heavy atom. The molecule has 0 atom stereocenters. The summed E-state index contributed by atoms with van der Waals surface area (Å²) in [6.07, 6.45) is 1.36. The molecule has 1 aromatic carbocycles. The van der Waals surface area contributed by atoms with Gasteiger partial charge in [0, 0.05) is 15.8 Å². The lowest BCUT2D eigenvalue weighted by Crippen LogP contribution is -2.01. The number of hydrogen-bond donors (Lipinski definition) is 0. The smallest absolute Gasteiger partial charge is 0.204 e. The van der Waals surface area contributed by atoms with Crippen LogP contribution in [0.25, 0.3) is 0 Å². The maximum atomic E-state index is 10.1. The molecule has 0 aromatic heterocycles. The molecular weight excluding hydrogens is 234 g/mol. The summed E-state index contributed by atoms with van der Waals surface area (Å²) >= 11 is 3.35. The second-order valence-electron chi connectivity index (χ2n) is 2.79. The lowest BCUT2D eigenvalue weighted by Gasteiger charge is -1.98. The fourth-order valence-electron chi connectivity index (χ4n) is 1.10. The van der Waals surface area contributed by atoms with E-state index >= 15 is 0 Å². The van der Waals surface area contributed by atoms with Crippen LogP contribution in [0.3, 0.4) is 0 Å². The molecule has 0 unspecified atom stereocenters. The van der Waals surface area contributed by atoms with E-state index in [4.69, 9.17) is 0 Å². The van der Waals surface area contributed by atoms with Gasteiger partial charge in [0.15, 0.2) is 0 Å². The van der Waals surface area contributed by atoms with Crippen LogP contribution in [0, 0.1) is 10.1 Å². The first-order chi connectivity index (χ1) is 6.18. The Kier molecular flexibility index (Phi) is 3.89. The average molecular weight is 244 g/mol. The Morgan fingerprint density at radius 3 is 2.85 bits per heavy atom. The summed E-state index contributed by atoms with van der Waals surface area (Å²) in [5.74, 6) is 0. The van der Waals surface area contributed by atoms with Crippen molar-refractivity contribution in [1.82, 2.24) is 0 Å². The highest BCUT2D eigenvalue weighted by Crippen LogP contribution is 2.12. The van der Waals surface area contributed by atoms with Crippen molar-refractivity contribution in [3.05, 3.63) is 44.4 Å². The summed E-state index contributed by atoms with van der Waals surface area (Å²) in [4.78, 5) is 9.77. The molecule has 1 aromatic rings. The number of nitrogens with zero attached hydrogens (tertiary/aromatic N) is 1. The first kappa shape index (κ1) is 10.2. The molecule has 0 heterocycles. The molecular formula is C9H10BrNO2. The van der Waals surface area contributed by atoms with Gasteiger partial charge in [0.05, 0.1) is 0 Å². The maximum Gasteiger partial charge on any atom is 0.204 e. The SMILES string of the molecule is O=[N+]([O-])CCCc1cccc(Br)c1. The van der Waals surface area contributed by atoms with Crippen molar-refractivity contribution >= 4 is 15.9 Å². The van der Waals surface area contributed by atoms with Gasteiger partial charge >= 0.3 is 0 Å². The number of hydrogen-bond acceptors (Lipinski definition) is 2. The van der Waals surface area contributed by atoms with Gasteiger partial charge in [-0.05, 0) is 24.1 Å². The average Bonchev–Trinajstić information content (AvgIpc) is 2.03. The van der Waals surface area contributed by atoms with E-state index < -0.39 is 0 Å². The zero-order valence-corrected chi connectivity index (χ0v) is 8.66. The molecule has 0 fully saturated rings. The van der Waals surface area contributed by atoms with E-state index in [-0.39, 0.29) is 11.5 Å². The molecule has 0 radical (unpaired) electrons. The van der Waals surface area contributed by atoms with Crippen molar-refractivity contribution in [3.8, 4) is 0 Å². The largest absolute Gasteiger partial charge is 0.265 e. The third kappa shape index (κ3) is 4.03. The molecule has 3 nitrogen and oxygen atoms in total. The Labute approximate surface area is 85.0 Å². The van der Waals surface area contributed by atoms with E-state index in [1.807, 2.05) is 24.3 Å². The lowest BCUT2D eigenvalue weighted by molar-refractivity contribution is -0.480. The van der Waals surface area contributed by atoms with Gasteiger partial charge in [0.1, 0.15) is 0 Å². The molecule has 70 valence electrons. The van der Waals surface area contributed by atoms with E-state index in [0.717, 1.165) is 16.5 Å². The molecule has 0 bridgehead atoms. The Balaban J connectivity index is 2.41. The van der Waals surface area contributed by atoms with Gasteiger partial charge in [-0.25, -0.2) is 0 Å². The van der Waals surface area contributed by atoms with Gasteiger partial charge in [0.25, 0.3) is 0 Å². The molecule has 0 aliphatic heterocycles. The maximum absolute atomic E-state index is 10.1. The Hall–Kier alpha value is -0.900. The quantitative estimate of drug-likeness (QED) is 0.603. The fourth-order valence-corrected chi connectivity index (χ4v) is 1.55. The van der Waals surface area contributed by atoms with E-state index in [9.17, 15) is 10.1 Å². The summed E-state index contributed by atoms with van der Waals surface area (Å²) in [5, 5.41) is 10.1. The van der Waals surface area contributed by atoms with Crippen molar-refractivity contribution < 1.29 is 4.92 Å². The zero-order valence-electron chi connectivity index (χ0n) is 7.07. The van der Waals surface area contributed by atoms with Crippen LogP contribution in [-0.2, 0) is 6.42 Å². The molecule has 0 aliphatic carbocycles. The van der Waals surface area contributed by atoms with E-state index in [2.05, 4.69) is 15.9 Å². The van der Waals surface area contributed by atoms with Gasteiger partial charge in [-0.15, -0.1) is 0 Å². The van der Waals surface area contributed by atoms with Gasteiger partial charge in [-0.3, -0.25) is 10.1 Å². The fraction of sp³-hybridized carbons (Fsp3) is 0.333. The van der Waals surface area contributed by atoms with Crippen LogP contribution >= 0.6 is 15.9 Å². The van der Waals surface area contributed by atoms with Gasteiger partial charge in [-0.2, -0.15) is 0 Å². The standard InChI is InChI=1S/C9H10BrNO2/c10-9-5-1-3-8(7-9)4-2-6-11(12)13/h1,3,5,7H,2,4,6H2. The van der Waals surface area contributed by atoms with Crippen LogP contribution in [-0.4, -0.2) is 11.5 Å². The normalized spacial score (nSPS) is 9.92. The monoisotopic (exact) mass is 243 g/mol. The summed E-state index contributed by atoms with van der Waals surface area (Å²) in [6.45, 7) is 0.0481. The predicted octanol–water partition coefficient (Wildman–Crippen LogP) is 2.66. The summed E-state index contributed by atoms with van der Waals surface area (Å²) in [6, 6.07) is 7.84. The summed E-state index contributed by atoms with van der Waals surface area (Å²) in [5.41, 5.74) is 1.14. The first-order valence-corrected chi connectivity index (χ1v) is 4.84. The van der Waals surface area contributed by atoms with Gasteiger partial charge in [0.2, 0.25) is 6.54 Å². The molecule has 0 spiro atoms. The number of nitro groups is 1. The van der Waals surface area contributed by atoms with Crippen molar-refractivity contribution in [3.63, 3.8) is 0 Å². The minimum atomic E-state index is -0.280. The highest BCUT2D eigenvalue weighted by molar-refractivity contribution is 9.10. The third-order valence-corrected chi connectivity index (χ3v) is 2.19. The Morgan fingerprint density at radius 2 is 2.23 bits per heavy atom. The predicted molar refractivity (Wildman–Crippen MR) is 54.3 cm³/mol. The molecule has 0 aliphatic rings. The van der Waals surface area contributed by atoms with Gasteiger partial charge in [-0.1, -0.05) is 28.1 Å². The minimum Gasteiger partial charge on any atom is -0.265 e. The van der Waals surface area contributed by atoms with Crippen LogP contribution in [0.2, 0.25) is 0 Å². The molecule has 0 saturated carbocycles. The van der Waals surface area contributed by atoms with Crippen molar-refractivity contribution in [2.75, 3.05) is 6.54 Å². The molecule has 13 heavy (non-hydrogen) atoms. The van der Waals surface area contributed by atoms with Gasteiger partial charge < -0.3 is 0 Å². The lowest BCUT2D eigenvalue weighted by atomic mass is 10.1. The van der Waals surface area contributed by atoms with Crippen molar-refractivity contribution in [2.45, 2.75) is 12.8 Å². The van der Waals surface area contributed by atoms with Crippen LogP contribution in [0.15, 0.2) is 28.7 Å². The van der Waals surface area contributed by atoms with E-state index in [1.54, 1.807) is 0 Å². The zero-order chi connectivity index (χ0) is 9.68. The summed E-state index contributed by atoms with van der Waals surface area (Å²) in [7, 11) is 0. The molecule has 4 heteroatoms. The van der Waals surface area contributed by atoms with Crippen molar-refractivity contribution in [1.29, 1.82) is 0 Å². The molecule has 0 amide bonds. The second kappa shape index (κ2) is 4.97. The minimum absolute atomic E-state index is 0.0481. The molecule has 0 saturated heterocycles. The highest BCUT2D eigenvalue weighted by atomic mass is 79.9. The Bertz CT molecular complexity index is 301. The highest BCUT2D eigenvalue weighted by Gasteiger charge is 1.98. The second-order valence-corrected chi connectivity index (χ2v) is 3.71. The number of aryl methyl sites for hydroxylation is 1. The molecule has 1 rings (SSSR count). The topological polar surface area (TPSA) is 43.1 Å². The first-order valence-electron chi connectivity index (χ1n) is 4.05. The van der Waals surface area contributed by atoms with Crippen LogP contribution < -0.4 is 0 Å². The van der Waals surface area contributed by atoms with E-state index in [1.165, 1.54) is 0 Å². The van der Waals surface area contributed by atoms with Crippen LogP contribution in [0.4, 0.5) is 0 Å². The molecule has 0 N–H and O–H groups in total. The van der Waals surface area contributed by atoms with Crippen LogP contribution in [0.5, 0.6) is 0 Å². The number of halogens is 1. The van der Waals surface area contributed by atoms with Crippen LogP contribution in [0.1, 0.15) is 12.0 Å². The summed E-state index contributed by atoms with van der Waals surface area (Å²) < 4.78 is 1.02. The number of rotatable bonds is 4. The van der Waals surface area contributed by atoms with Crippen molar-refractivity contribution in [2.24, 2.45) is 0 Å².